The fourth-order valence-corrected chi connectivity index (χ4v) is 2.15. The Morgan fingerprint density at radius 3 is 2.89 bits per heavy atom. The van der Waals surface area contributed by atoms with Crippen LogP contribution in [0.5, 0.6) is 0 Å². The van der Waals surface area contributed by atoms with Crippen molar-refractivity contribution in [3.63, 3.8) is 0 Å². The molecule has 1 fully saturated rings. The summed E-state index contributed by atoms with van der Waals surface area (Å²) in [6, 6.07) is 4.00. The molecule has 1 saturated heterocycles. The van der Waals surface area contributed by atoms with E-state index < -0.39 is 5.82 Å². The van der Waals surface area contributed by atoms with Crippen molar-refractivity contribution in [1.82, 2.24) is 4.90 Å². The minimum atomic E-state index is -0.526. The summed E-state index contributed by atoms with van der Waals surface area (Å²) in [5, 5.41) is 2.59. The lowest BCUT2D eigenvalue weighted by Crippen LogP contribution is -2.28. The second kappa shape index (κ2) is 6.02. The average molecular weight is 285 g/mol. The molecule has 0 atom stereocenters. The Morgan fingerprint density at radius 1 is 1.47 bits per heavy atom. The number of halogens is 2. The fraction of sp³-hybridized carbons (Fsp3) is 0.385. The molecule has 0 aromatic heterocycles. The second-order valence-corrected chi connectivity index (χ2v) is 4.82. The molecular formula is C13H14ClFN2O2. The summed E-state index contributed by atoms with van der Waals surface area (Å²) in [4.78, 5) is 24.7. The molecule has 1 aromatic carbocycles. The molecule has 2 rings (SSSR count). The van der Waals surface area contributed by atoms with Gasteiger partial charge in [0, 0.05) is 31.6 Å². The maximum Gasteiger partial charge on any atom is 0.226 e. The Morgan fingerprint density at radius 2 is 2.26 bits per heavy atom. The highest BCUT2D eigenvalue weighted by Crippen LogP contribution is 2.19. The predicted molar refractivity (Wildman–Crippen MR) is 70.5 cm³/mol. The highest BCUT2D eigenvalue weighted by molar-refractivity contribution is 6.31. The third kappa shape index (κ3) is 3.67. The van der Waals surface area contributed by atoms with Crippen molar-refractivity contribution in [1.29, 1.82) is 0 Å². The molecule has 0 bridgehead atoms. The number of nitrogens with zero attached hydrogens (tertiary/aromatic N) is 1. The van der Waals surface area contributed by atoms with E-state index in [0.717, 1.165) is 6.42 Å². The predicted octanol–water partition coefficient (Wildman–Crippen LogP) is 2.43. The molecule has 1 aliphatic heterocycles. The van der Waals surface area contributed by atoms with Crippen LogP contribution in [0.25, 0.3) is 0 Å². The van der Waals surface area contributed by atoms with Gasteiger partial charge in [-0.15, -0.1) is 0 Å². The molecular weight excluding hydrogens is 271 g/mol. The zero-order chi connectivity index (χ0) is 13.8. The molecule has 1 aliphatic rings. The van der Waals surface area contributed by atoms with E-state index >= 15 is 0 Å². The van der Waals surface area contributed by atoms with E-state index in [1.807, 2.05) is 0 Å². The SMILES string of the molecule is O=C(CCN1CCCC1=O)Nc1ccc(F)c(Cl)c1. The number of likely N-dealkylation sites (tertiary alicyclic amines) is 1. The van der Waals surface area contributed by atoms with Crippen LogP contribution in [0.4, 0.5) is 10.1 Å². The van der Waals surface area contributed by atoms with E-state index in [9.17, 15) is 14.0 Å². The maximum absolute atomic E-state index is 12.9. The zero-order valence-corrected chi connectivity index (χ0v) is 11.0. The van der Waals surface area contributed by atoms with Gasteiger partial charge in [0.2, 0.25) is 11.8 Å². The minimum absolute atomic E-state index is 0.0347. The number of anilines is 1. The van der Waals surface area contributed by atoms with Crippen LogP contribution in [-0.4, -0.2) is 29.8 Å². The van der Waals surface area contributed by atoms with Gasteiger partial charge in [-0.2, -0.15) is 0 Å². The van der Waals surface area contributed by atoms with Gasteiger partial charge in [-0.3, -0.25) is 9.59 Å². The molecule has 102 valence electrons. The van der Waals surface area contributed by atoms with E-state index in [0.29, 0.717) is 25.2 Å². The lowest BCUT2D eigenvalue weighted by molar-refractivity contribution is -0.128. The van der Waals surface area contributed by atoms with Gasteiger partial charge in [-0.25, -0.2) is 4.39 Å². The molecule has 1 heterocycles. The van der Waals surface area contributed by atoms with Gasteiger partial charge in [0.05, 0.1) is 5.02 Å². The van der Waals surface area contributed by atoms with Crippen LogP contribution in [0, 0.1) is 5.82 Å². The molecule has 19 heavy (non-hydrogen) atoms. The smallest absolute Gasteiger partial charge is 0.226 e. The Kier molecular flexibility index (Phi) is 4.37. The van der Waals surface area contributed by atoms with Crippen LogP contribution in [0.1, 0.15) is 19.3 Å². The topological polar surface area (TPSA) is 49.4 Å². The number of carbonyl (C=O) groups is 2. The Bertz CT molecular complexity index is 507. The van der Waals surface area contributed by atoms with Crippen molar-refractivity contribution in [2.45, 2.75) is 19.3 Å². The van der Waals surface area contributed by atoms with E-state index in [-0.39, 0.29) is 23.3 Å². The minimum Gasteiger partial charge on any atom is -0.342 e. The first-order chi connectivity index (χ1) is 9.06. The molecule has 4 nitrogen and oxygen atoms in total. The van der Waals surface area contributed by atoms with Gasteiger partial charge < -0.3 is 10.2 Å². The van der Waals surface area contributed by atoms with E-state index in [1.165, 1.54) is 18.2 Å². The normalized spacial score (nSPS) is 14.8. The summed E-state index contributed by atoms with van der Waals surface area (Å²) in [7, 11) is 0. The van der Waals surface area contributed by atoms with Crippen molar-refractivity contribution in [3.05, 3.63) is 29.0 Å². The largest absolute Gasteiger partial charge is 0.342 e. The Hall–Kier alpha value is -1.62. The van der Waals surface area contributed by atoms with Crippen molar-refractivity contribution >= 4 is 29.1 Å². The summed E-state index contributed by atoms with van der Waals surface area (Å²) in [6.45, 7) is 1.13. The number of nitrogens with one attached hydrogen (secondary N) is 1. The summed E-state index contributed by atoms with van der Waals surface area (Å²) >= 11 is 5.62. The van der Waals surface area contributed by atoms with Crippen LogP contribution < -0.4 is 5.32 Å². The fourth-order valence-electron chi connectivity index (χ4n) is 1.97. The van der Waals surface area contributed by atoms with Crippen LogP contribution in [0.15, 0.2) is 18.2 Å². The quantitative estimate of drug-likeness (QED) is 0.923. The number of hydrogen-bond donors (Lipinski definition) is 1. The summed E-state index contributed by atoms with van der Waals surface area (Å²) in [5.74, 6) is -0.651. The molecule has 6 heteroatoms. The zero-order valence-electron chi connectivity index (χ0n) is 10.3. The van der Waals surface area contributed by atoms with Crippen molar-refractivity contribution < 1.29 is 14.0 Å². The Labute approximate surface area is 115 Å². The first-order valence-corrected chi connectivity index (χ1v) is 6.47. The third-order valence-corrected chi connectivity index (χ3v) is 3.27. The van der Waals surface area contributed by atoms with E-state index in [1.54, 1.807) is 4.90 Å². The lowest BCUT2D eigenvalue weighted by atomic mass is 10.3. The molecule has 1 N–H and O–H groups in total. The number of benzene rings is 1. The second-order valence-electron chi connectivity index (χ2n) is 4.41. The van der Waals surface area contributed by atoms with Crippen LogP contribution >= 0.6 is 11.6 Å². The number of rotatable bonds is 4. The lowest BCUT2D eigenvalue weighted by Gasteiger charge is -2.14. The molecule has 0 radical (unpaired) electrons. The maximum atomic E-state index is 12.9. The third-order valence-electron chi connectivity index (χ3n) is 2.98. The van der Waals surface area contributed by atoms with Crippen LogP contribution in [0.3, 0.4) is 0 Å². The highest BCUT2D eigenvalue weighted by atomic mass is 35.5. The van der Waals surface area contributed by atoms with Crippen molar-refractivity contribution in [2.24, 2.45) is 0 Å². The van der Waals surface area contributed by atoms with E-state index in [4.69, 9.17) is 11.6 Å². The highest BCUT2D eigenvalue weighted by Gasteiger charge is 2.20. The van der Waals surface area contributed by atoms with Crippen LogP contribution in [0.2, 0.25) is 5.02 Å². The van der Waals surface area contributed by atoms with E-state index in [2.05, 4.69) is 5.32 Å². The van der Waals surface area contributed by atoms with Crippen LogP contribution in [-0.2, 0) is 9.59 Å². The summed E-state index contributed by atoms with van der Waals surface area (Å²) in [6.07, 6.45) is 1.64. The molecule has 0 aliphatic carbocycles. The summed E-state index contributed by atoms with van der Waals surface area (Å²) < 4.78 is 12.9. The number of amides is 2. The first-order valence-electron chi connectivity index (χ1n) is 6.09. The first kappa shape index (κ1) is 13.8. The molecule has 0 unspecified atom stereocenters. The molecule has 0 spiro atoms. The average Bonchev–Trinajstić information content (AvgIpc) is 2.77. The molecule has 1 aromatic rings. The van der Waals surface area contributed by atoms with Gasteiger partial charge in [-0.05, 0) is 24.6 Å². The summed E-state index contributed by atoms with van der Waals surface area (Å²) in [5.41, 5.74) is 0.448. The van der Waals surface area contributed by atoms with Gasteiger partial charge >= 0.3 is 0 Å². The monoisotopic (exact) mass is 284 g/mol. The Balaban J connectivity index is 1.83. The van der Waals surface area contributed by atoms with Gasteiger partial charge in [0.25, 0.3) is 0 Å². The van der Waals surface area contributed by atoms with Crippen molar-refractivity contribution in [2.75, 3.05) is 18.4 Å². The molecule has 0 saturated carbocycles. The van der Waals surface area contributed by atoms with Crippen molar-refractivity contribution in [3.8, 4) is 0 Å². The van der Waals surface area contributed by atoms with Gasteiger partial charge in [0.15, 0.2) is 0 Å². The van der Waals surface area contributed by atoms with Gasteiger partial charge in [-0.1, -0.05) is 11.6 Å². The molecule has 2 amide bonds. The standard InChI is InChI=1S/C13H14ClFN2O2/c14-10-8-9(3-4-11(10)15)16-12(18)5-7-17-6-1-2-13(17)19/h3-4,8H,1-2,5-7H2,(H,16,18). The number of hydrogen-bond acceptors (Lipinski definition) is 2. The number of carbonyl (C=O) groups excluding carboxylic acids is 2. The van der Waals surface area contributed by atoms with Gasteiger partial charge in [0.1, 0.15) is 5.82 Å².